The molecule has 1 aromatic heterocycles. The Labute approximate surface area is 135 Å². The number of benzene rings is 1. The molecule has 116 valence electrons. The number of hydrogen-bond acceptors (Lipinski definition) is 4. The van der Waals surface area contributed by atoms with E-state index >= 15 is 0 Å². The molecule has 0 fully saturated rings. The number of nitrogens with zero attached hydrogens (tertiary/aromatic N) is 1. The van der Waals surface area contributed by atoms with Crippen molar-refractivity contribution in [1.29, 1.82) is 0 Å². The number of carbonyl (C=O) groups excluding carboxylic acids is 1. The minimum atomic E-state index is -0.309. The van der Waals surface area contributed by atoms with Gasteiger partial charge in [-0.15, -0.1) is 0 Å². The van der Waals surface area contributed by atoms with Gasteiger partial charge in [0, 0.05) is 0 Å². The number of methoxy groups -OCH3 is 1. The summed E-state index contributed by atoms with van der Waals surface area (Å²) in [6, 6.07) is 11.0. The second-order valence-electron chi connectivity index (χ2n) is 4.81. The number of unbranched alkanes of at least 4 members (excludes halogenated alkanes) is 1. The maximum atomic E-state index is 11.3. The summed E-state index contributed by atoms with van der Waals surface area (Å²) in [5.41, 5.74) is 1.77. The molecule has 1 heterocycles. The second kappa shape index (κ2) is 8.39. The van der Waals surface area contributed by atoms with Crippen molar-refractivity contribution in [2.24, 2.45) is 0 Å². The molecule has 5 heteroatoms. The predicted octanol–water partition coefficient (Wildman–Crippen LogP) is 3.92. The van der Waals surface area contributed by atoms with Crippen LogP contribution in [-0.4, -0.2) is 24.7 Å². The number of pyridine rings is 1. The summed E-state index contributed by atoms with van der Waals surface area (Å²) >= 11 is 5.71. The summed E-state index contributed by atoms with van der Waals surface area (Å²) in [5.74, 6) is 0.420. The lowest BCUT2D eigenvalue weighted by molar-refractivity contribution is 0.0600. The maximum absolute atomic E-state index is 11.3. The van der Waals surface area contributed by atoms with Crippen LogP contribution < -0.4 is 4.74 Å². The van der Waals surface area contributed by atoms with Crippen molar-refractivity contribution in [2.75, 3.05) is 13.7 Å². The second-order valence-corrected chi connectivity index (χ2v) is 5.20. The Kier molecular flexibility index (Phi) is 6.22. The molecular weight excluding hydrogens is 302 g/mol. The van der Waals surface area contributed by atoms with Gasteiger partial charge >= 0.3 is 5.97 Å². The van der Waals surface area contributed by atoms with Gasteiger partial charge in [0.15, 0.2) is 0 Å². The number of aryl methyl sites for hydroxylation is 1. The fraction of sp³-hybridized carbons (Fsp3) is 0.294. The van der Waals surface area contributed by atoms with E-state index in [1.54, 1.807) is 30.5 Å². The van der Waals surface area contributed by atoms with Gasteiger partial charge in [0.2, 0.25) is 0 Å². The first-order valence-electron chi connectivity index (χ1n) is 7.10. The molecule has 0 aliphatic carbocycles. The summed E-state index contributed by atoms with van der Waals surface area (Å²) in [4.78, 5) is 15.3. The van der Waals surface area contributed by atoms with Crippen LogP contribution in [0.15, 0.2) is 42.6 Å². The van der Waals surface area contributed by atoms with Crippen molar-refractivity contribution in [2.45, 2.75) is 19.3 Å². The van der Waals surface area contributed by atoms with E-state index in [9.17, 15) is 4.79 Å². The fourth-order valence-electron chi connectivity index (χ4n) is 1.99. The van der Waals surface area contributed by atoms with Gasteiger partial charge in [-0.25, -0.2) is 9.78 Å². The molecule has 0 aliphatic heterocycles. The lowest BCUT2D eigenvalue weighted by Gasteiger charge is -2.06. The molecule has 0 radical (unpaired) electrons. The van der Waals surface area contributed by atoms with Crippen LogP contribution in [0.5, 0.6) is 5.75 Å². The van der Waals surface area contributed by atoms with Crippen LogP contribution in [0.1, 0.15) is 28.8 Å². The summed E-state index contributed by atoms with van der Waals surface area (Å²) in [5, 5.41) is 0.461. The molecule has 0 saturated heterocycles. The maximum Gasteiger partial charge on any atom is 0.337 e. The van der Waals surface area contributed by atoms with E-state index < -0.39 is 0 Å². The van der Waals surface area contributed by atoms with E-state index in [0.717, 1.165) is 25.0 Å². The molecule has 2 aromatic rings. The Balaban J connectivity index is 1.68. The third-order valence-electron chi connectivity index (χ3n) is 3.20. The molecular formula is C17H18ClNO3. The topological polar surface area (TPSA) is 48.4 Å². The van der Waals surface area contributed by atoms with Crippen LogP contribution in [0.25, 0.3) is 0 Å². The van der Waals surface area contributed by atoms with Gasteiger partial charge in [0.25, 0.3) is 0 Å². The molecule has 0 bridgehead atoms. The third-order valence-corrected chi connectivity index (χ3v) is 3.43. The molecule has 1 aromatic carbocycles. The van der Waals surface area contributed by atoms with Crippen molar-refractivity contribution in [3.8, 4) is 5.75 Å². The lowest BCUT2D eigenvalue weighted by Crippen LogP contribution is -2.01. The van der Waals surface area contributed by atoms with Crippen molar-refractivity contribution in [3.63, 3.8) is 0 Å². The third kappa shape index (κ3) is 5.04. The zero-order chi connectivity index (χ0) is 15.8. The Hall–Kier alpha value is -2.07. The minimum absolute atomic E-state index is 0.309. The first kappa shape index (κ1) is 16.3. The molecule has 4 nitrogen and oxygen atoms in total. The van der Waals surface area contributed by atoms with Gasteiger partial charge in [-0.1, -0.05) is 23.7 Å². The number of esters is 1. The van der Waals surface area contributed by atoms with Gasteiger partial charge in [-0.2, -0.15) is 0 Å². The summed E-state index contributed by atoms with van der Waals surface area (Å²) in [6.07, 6.45) is 4.53. The van der Waals surface area contributed by atoms with Crippen LogP contribution in [-0.2, 0) is 11.2 Å². The molecule has 0 saturated carbocycles. The molecule has 0 amide bonds. The van der Waals surface area contributed by atoms with E-state index in [-0.39, 0.29) is 5.97 Å². The highest BCUT2D eigenvalue weighted by Crippen LogP contribution is 2.13. The van der Waals surface area contributed by atoms with Crippen LogP contribution in [0.4, 0.5) is 0 Å². The van der Waals surface area contributed by atoms with E-state index in [0.29, 0.717) is 17.3 Å². The summed E-state index contributed by atoms with van der Waals surface area (Å²) < 4.78 is 10.3. The number of hydrogen-bond donors (Lipinski definition) is 0. The SMILES string of the molecule is COC(=O)c1ccc(CCCCOc2ccc(Cl)nc2)cc1. The number of carbonyl (C=O) groups is 1. The fourth-order valence-corrected chi connectivity index (χ4v) is 2.11. The Morgan fingerprint density at radius 1 is 1.14 bits per heavy atom. The van der Waals surface area contributed by atoms with Crippen molar-refractivity contribution < 1.29 is 14.3 Å². The van der Waals surface area contributed by atoms with E-state index in [1.165, 1.54) is 12.7 Å². The number of halogens is 1. The smallest absolute Gasteiger partial charge is 0.337 e. The molecule has 0 aliphatic rings. The average molecular weight is 320 g/mol. The van der Waals surface area contributed by atoms with Gasteiger partial charge in [-0.05, 0) is 49.1 Å². The van der Waals surface area contributed by atoms with Gasteiger partial charge < -0.3 is 9.47 Å². The minimum Gasteiger partial charge on any atom is -0.492 e. The zero-order valence-electron chi connectivity index (χ0n) is 12.4. The monoisotopic (exact) mass is 319 g/mol. The normalized spacial score (nSPS) is 10.3. The highest BCUT2D eigenvalue weighted by molar-refractivity contribution is 6.29. The van der Waals surface area contributed by atoms with Gasteiger partial charge in [0.05, 0.1) is 25.5 Å². The van der Waals surface area contributed by atoms with Crippen LogP contribution in [0.3, 0.4) is 0 Å². The van der Waals surface area contributed by atoms with Crippen molar-refractivity contribution >= 4 is 17.6 Å². The summed E-state index contributed by atoms with van der Waals surface area (Å²) in [6.45, 7) is 0.642. The predicted molar refractivity (Wildman–Crippen MR) is 85.5 cm³/mol. The van der Waals surface area contributed by atoms with Crippen LogP contribution in [0, 0.1) is 0 Å². The average Bonchev–Trinajstić information content (AvgIpc) is 2.56. The number of aromatic nitrogens is 1. The molecule has 0 atom stereocenters. The quantitative estimate of drug-likeness (QED) is 0.441. The van der Waals surface area contributed by atoms with Crippen LogP contribution >= 0.6 is 11.6 Å². The summed E-state index contributed by atoms with van der Waals surface area (Å²) in [7, 11) is 1.38. The van der Waals surface area contributed by atoms with Crippen molar-refractivity contribution in [1.82, 2.24) is 4.98 Å². The van der Waals surface area contributed by atoms with Crippen molar-refractivity contribution in [3.05, 3.63) is 58.9 Å². The lowest BCUT2D eigenvalue weighted by atomic mass is 10.1. The highest BCUT2D eigenvalue weighted by atomic mass is 35.5. The van der Waals surface area contributed by atoms with E-state index in [2.05, 4.69) is 9.72 Å². The van der Waals surface area contributed by atoms with Crippen LogP contribution in [0.2, 0.25) is 5.15 Å². The number of rotatable bonds is 7. The largest absolute Gasteiger partial charge is 0.492 e. The molecule has 22 heavy (non-hydrogen) atoms. The highest BCUT2D eigenvalue weighted by Gasteiger charge is 2.04. The molecule has 0 spiro atoms. The van der Waals surface area contributed by atoms with E-state index in [4.69, 9.17) is 16.3 Å². The Bertz CT molecular complexity index is 596. The van der Waals surface area contributed by atoms with Gasteiger partial charge in [0.1, 0.15) is 10.9 Å². The zero-order valence-corrected chi connectivity index (χ0v) is 13.2. The van der Waals surface area contributed by atoms with E-state index in [1.807, 2.05) is 12.1 Å². The Morgan fingerprint density at radius 3 is 2.55 bits per heavy atom. The molecule has 0 unspecified atom stereocenters. The first-order chi connectivity index (χ1) is 10.7. The molecule has 2 rings (SSSR count). The van der Waals surface area contributed by atoms with Gasteiger partial charge in [-0.3, -0.25) is 0 Å². The molecule has 0 N–H and O–H groups in total. The standard InChI is InChI=1S/C17H18ClNO3/c1-21-17(20)14-7-5-13(6-8-14)4-2-3-11-22-15-9-10-16(18)19-12-15/h5-10,12H,2-4,11H2,1H3. The first-order valence-corrected chi connectivity index (χ1v) is 7.48. The Morgan fingerprint density at radius 2 is 1.91 bits per heavy atom. The number of ether oxygens (including phenoxy) is 2.